The van der Waals surface area contributed by atoms with Gasteiger partial charge in [-0.3, -0.25) is 9.69 Å². The Kier molecular flexibility index (Phi) is 5.68. The lowest BCUT2D eigenvalue weighted by Gasteiger charge is -2.34. The lowest BCUT2D eigenvalue weighted by molar-refractivity contribution is 0.0866. The highest BCUT2D eigenvalue weighted by Crippen LogP contribution is 2.31. The second-order valence-corrected chi connectivity index (χ2v) is 10.7. The number of aromatic nitrogens is 2. The first-order valence-electron chi connectivity index (χ1n) is 9.66. The topological polar surface area (TPSA) is 147 Å². The summed E-state index contributed by atoms with van der Waals surface area (Å²) in [5.41, 5.74) is -0.164. The number of sulfonamides is 2. The SMILES string of the molecule is NS(=O)(=O)c1ccc2c(c1)C(=O)N(CCCN1CCN(c3ncccn3)CC1)S2(=O)=O. The molecule has 3 heterocycles. The molecule has 1 fully saturated rings. The normalized spacial score (nSPS) is 18.9. The van der Waals surface area contributed by atoms with E-state index < -0.39 is 26.0 Å². The number of benzene rings is 1. The van der Waals surface area contributed by atoms with Gasteiger partial charge in [0.1, 0.15) is 4.90 Å². The molecule has 1 aromatic carbocycles. The molecule has 1 amide bonds. The van der Waals surface area contributed by atoms with Gasteiger partial charge in [0, 0.05) is 51.7 Å². The van der Waals surface area contributed by atoms with Gasteiger partial charge in [0.05, 0.1) is 10.5 Å². The van der Waals surface area contributed by atoms with Crippen molar-refractivity contribution in [1.29, 1.82) is 0 Å². The van der Waals surface area contributed by atoms with Crippen LogP contribution in [0, 0.1) is 0 Å². The monoisotopic (exact) mass is 466 g/mol. The van der Waals surface area contributed by atoms with Crippen molar-refractivity contribution in [2.24, 2.45) is 5.14 Å². The van der Waals surface area contributed by atoms with Crippen LogP contribution in [0.5, 0.6) is 0 Å². The van der Waals surface area contributed by atoms with Crippen molar-refractivity contribution >= 4 is 31.9 Å². The molecule has 13 heteroatoms. The molecular formula is C18H22N6O5S2. The fourth-order valence-corrected chi connectivity index (χ4v) is 5.85. The van der Waals surface area contributed by atoms with Crippen molar-refractivity contribution in [2.45, 2.75) is 16.2 Å². The van der Waals surface area contributed by atoms with Crippen molar-refractivity contribution < 1.29 is 21.6 Å². The quantitative estimate of drug-likeness (QED) is 0.594. The molecule has 11 nitrogen and oxygen atoms in total. The Labute approximate surface area is 180 Å². The molecule has 0 spiro atoms. The summed E-state index contributed by atoms with van der Waals surface area (Å²) in [7, 11) is -8.04. The summed E-state index contributed by atoms with van der Waals surface area (Å²) < 4.78 is 49.3. The Morgan fingerprint density at radius 1 is 1.03 bits per heavy atom. The largest absolute Gasteiger partial charge is 0.338 e. The zero-order valence-corrected chi connectivity index (χ0v) is 18.2. The maximum Gasteiger partial charge on any atom is 0.269 e. The highest BCUT2D eigenvalue weighted by Gasteiger charge is 2.41. The summed E-state index contributed by atoms with van der Waals surface area (Å²) in [6, 6.07) is 5.00. The Morgan fingerprint density at radius 3 is 2.35 bits per heavy atom. The van der Waals surface area contributed by atoms with Crippen LogP contribution in [0.3, 0.4) is 0 Å². The number of hydrogen-bond donors (Lipinski definition) is 1. The van der Waals surface area contributed by atoms with E-state index in [0.29, 0.717) is 18.9 Å². The molecule has 0 unspecified atom stereocenters. The molecule has 1 saturated heterocycles. The van der Waals surface area contributed by atoms with E-state index in [9.17, 15) is 21.6 Å². The molecular weight excluding hydrogens is 444 g/mol. The first-order chi connectivity index (χ1) is 14.7. The molecule has 0 saturated carbocycles. The van der Waals surface area contributed by atoms with Crippen molar-refractivity contribution in [2.75, 3.05) is 44.2 Å². The van der Waals surface area contributed by atoms with Crippen LogP contribution >= 0.6 is 0 Å². The van der Waals surface area contributed by atoms with E-state index in [1.807, 2.05) is 0 Å². The van der Waals surface area contributed by atoms with Gasteiger partial charge in [-0.2, -0.15) is 0 Å². The van der Waals surface area contributed by atoms with E-state index in [4.69, 9.17) is 5.14 Å². The smallest absolute Gasteiger partial charge is 0.269 e. The molecule has 2 aliphatic heterocycles. The minimum Gasteiger partial charge on any atom is -0.338 e. The molecule has 0 bridgehead atoms. The first kappa shape index (κ1) is 21.6. The highest BCUT2D eigenvalue weighted by molar-refractivity contribution is 7.90. The maximum atomic E-state index is 12.7. The summed E-state index contributed by atoms with van der Waals surface area (Å²) in [6.07, 6.45) is 3.86. The predicted molar refractivity (Wildman–Crippen MR) is 111 cm³/mol. The van der Waals surface area contributed by atoms with Crippen LogP contribution in [0.1, 0.15) is 16.8 Å². The summed E-state index contributed by atoms with van der Waals surface area (Å²) in [5, 5.41) is 5.09. The van der Waals surface area contributed by atoms with E-state index in [1.54, 1.807) is 18.5 Å². The van der Waals surface area contributed by atoms with Crippen molar-refractivity contribution in [1.82, 2.24) is 19.2 Å². The molecule has 1 aromatic heterocycles. The van der Waals surface area contributed by atoms with Gasteiger partial charge in [0.25, 0.3) is 15.9 Å². The van der Waals surface area contributed by atoms with Gasteiger partial charge >= 0.3 is 0 Å². The zero-order chi connectivity index (χ0) is 22.2. The number of fused-ring (bicyclic) bond motifs is 1. The number of amides is 1. The van der Waals surface area contributed by atoms with E-state index >= 15 is 0 Å². The third-order valence-corrected chi connectivity index (χ3v) is 8.10. The number of rotatable bonds is 6. The zero-order valence-electron chi connectivity index (χ0n) is 16.6. The molecule has 2 aromatic rings. The Morgan fingerprint density at radius 2 is 1.71 bits per heavy atom. The Bertz CT molecular complexity index is 1200. The molecule has 0 radical (unpaired) electrons. The molecule has 166 valence electrons. The second kappa shape index (κ2) is 8.15. The fraction of sp³-hybridized carbons (Fsp3) is 0.389. The minimum atomic E-state index is -4.04. The van der Waals surface area contributed by atoms with Crippen LogP contribution in [-0.2, 0) is 20.0 Å². The summed E-state index contributed by atoms with van der Waals surface area (Å²) >= 11 is 0. The van der Waals surface area contributed by atoms with Gasteiger partial charge in [-0.05, 0) is 30.7 Å². The van der Waals surface area contributed by atoms with E-state index in [0.717, 1.165) is 48.7 Å². The van der Waals surface area contributed by atoms with Crippen LogP contribution in [-0.4, -0.2) is 81.2 Å². The third-order valence-electron chi connectivity index (χ3n) is 5.35. The molecule has 2 N–H and O–H groups in total. The molecule has 0 aliphatic carbocycles. The van der Waals surface area contributed by atoms with Gasteiger partial charge in [-0.15, -0.1) is 0 Å². The van der Waals surface area contributed by atoms with Crippen LogP contribution in [0.25, 0.3) is 0 Å². The lowest BCUT2D eigenvalue weighted by Crippen LogP contribution is -2.47. The average molecular weight is 467 g/mol. The van der Waals surface area contributed by atoms with Crippen LogP contribution < -0.4 is 10.0 Å². The van der Waals surface area contributed by atoms with Crippen molar-refractivity contribution in [3.05, 3.63) is 42.2 Å². The van der Waals surface area contributed by atoms with Gasteiger partial charge in [-0.1, -0.05) is 0 Å². The number of carbonyl (C=O) groups excluding carboxylic acids is 1. The predicted octanol–water partition coefficient (Wildman–Crippen LogP) is -0.519. The number of carbonyl (C=O) groups is 1. The molecule has 0 atom stereocenters. The number of primary sulfonamides is 1. The van der Waals surface area contributed by atoms with Crippen molar-refractivity contribution in [3.63, 3.8) is 0 Å². The molecule has 4 rings (SSSR count). The summed E-state index contributed by atoms with van der Waals surface area (Å²) in [4.78, 5) is 24.9. The van der Waals surface area contributed by atoms with Gasteiger partial charge in [-0.25, -0.2) is 36.2 Å². The summed E-state index contributed by atoms with van der Waals surface area (Å²) in [6.45, 7) is 3.71. The standard InChI is InChI=1S/C18H22N6O5S2/c19-30(26,27)14-3-4-16-15(13-14)17(25)24(31(16,28)29)8-2-7-22-9-11-23(12-10-22)18-20-5-1-6-21-18/h1,3-6,13H,2,7-12H2,(H2,19,26,27). The molecule has 31 heavy (non-hydrogen) atoms. The molecule has 2 aliphatic rings. The van der Waals surface area contributed by atoms with Crippen molar-refractivity contribution in [3.8, 4) is 0 Å². The number of nitrogens with two attached hydrogens (primary N) is 1. The highest BCUT2D eigenvalue weighted by atomic mass is 32.2. The lowest BCUT2D eigenvalue weighted by atomic mass is 10.2. The second-order valence-electron chi connectivity index (χ2n) is 7.32. The van der Waals surface area contributed by atoms with E-state index in [-0.39, 0.29) is 21.9 Å². The first-order valence-corrected chi connectivity index (χ1v) is 12.6. The minimum absolute atomic E-state index is 0.0164. The van der Waals surface area contributed by atoms with Crippen LogP contribution in [0.2, 0.25) is 0 Å². The van der Waals surface area contributed by atoms with Gasteiger partial charge in [0.2, 0.25) is 16.0 Å². The number of piperazine rings is 1. The Hall–Kier alpha value is -2.61. The fourth-order valence-electron chi connectivity index (χ4n) is 3.73. The Balaban J connectivity index is 1.35. The average Bonchev–Trinajstić information content (AvgIpc) is 2.94. The van der Waals surface area contributed by atoms with Crippen LogP contribution in [0.4, 0.5) is 5.95 Å². The van der Waals surface area contributed by atoms with Gasteiger partial charge in [0.15, 0.2) is 0 Å². The number of nitrogens with zero attached hydrogens (tertiary/aromatic N) is 5. The van der Waals surface area contributed by atoms with Gasteiger partial charge < -0.3 is 4.90 Å². The summed E-state index contributed by atoms with van der Waals surface area (Å²) in [5.74, 6) is -0.0425. The maximum absolute atomic E-state index is 12.7. The van der Waals surface area contributed by atoms with E-state index in [2.05, 4.69) is 19.8 Å². The third kappa shape index (κ3) is 4.26. The van der Waals surface area contributed by atoms with E-state index in [1.165, 1.54) is 0 Å². The number of hydrogen-bond acceptors (Lipinski definition) is 9. The number of anilines is 1. The van der Waals surface area contributed by atoms with Crippen LogP contribution in [0.15, 0.2) is 46.5 Å².